The molecule has 96 valence electrons. The van der Waals surface area contributed by atoms with Crippen molar-refractivity contribution < 1.29 is 9.15 Å². The molecule has 0 spiro atoms. The first-order valence-electron chi connectivity index (χ1n) is 5.88. The number of hydrogen-bond donors (Lipinski definition) is 1. The molecule has 2 rings (SSSR count). The van der Waals surface area contributed by atoms with Gasteiger partial charge in [0, 0.05) is 18.5 Å². The molecule has 0 bridgehead atoms. The molecular formula is C13H17N3O2. The topological polar surface area (TPSA) is 60.2 Å². The Balaban J connectivity index is 2.09. The van der Waals surface area contributed by atoms with Gasteiger partial charge in [0.05, 0.1) is 0 Å². The van der Waals surface area contributed by atoms with Crippen LogP contribution in [0.25, 0.3) is 0 Å². The molecule has 5 nitrogen and oxygen atoms in total. The van der Waals surface area contributed by atoms with E-state index in [-0.39, 0.29) is 12.6 Å². The van der Waals surface area contributed by atoms with Gasteiger partial charge in [0.1, 0.15) is 5.75 Å². The second-order valence-corrected chi connectivity index (χ2v) is 4.05. The minimum absolute atomic E-state index is 0.227. The summed E-state index contributed by atoms with van der Waals surface area (Å²) in [6, 6.07) is 8.14. The van der Waals surface area contributed by atoms with Gasteiger partial charge < -0.3 is 14.5 Å². The SMILES string of the molecule is CNC(C)c1ccccc1OCc1nnc(C)o1. The quantitative estimate of drug-likeness (QED) is 0.878. The first-order valence-corrected chi connectivity index (χ1v) is 5.88. The highest BCUT2D eigenvalue weighted by molar-refractivity contribution is 5.35. The molecule has 0 aliphatic rings. The van der Waals surface area contributed by atoms with Crippen LogP contribution in [0.1, 0.15) is 30.3 Å². The third kappa shape index (κ3) is 2.87. The maximum Gasteiger partial charge on any atom is 0.253 e. The number of nitrogens with zero attached hydrogens (tertiary/aromatic N) is 2. The Morgan fingerprint density at radius 2 is 2.11 bits per heavy atom. The zero-order chi connectivity index (χ0) is 13.0. The van der Waals surface area contributed by atoms with Gasteiger partial charge in [-0.05, 0) is 20.0 Å². The van der Waals surface area contributed by atoms with E-state index in [9.17, 15) is 0 Å². The predicted molar refractivity (Wildman–Crippen MR) is 67.3 cm³/mol. The van der Waals surface area contributed by atoms with E-state index >= 15 is 0 Å². The smallest absolute Gasteiger partial charge is 0.253 e. The van der Waals surface area contributed by atoms with Crippen LogP contribution in [-0.4, -0.2) is 17.2 Å². The summed E-state index contributed by atoms with van der Waals surface area (Å²) in [7, 11) is 1.92. The van der Waals surface area contributed by atoms with Crippen molar-refractivity contribution in [3.05, 3.63) is 41.6 Å². The lowest BCUT2D eigenvalue weighted by atomic mass is 10.1. The molecule has 1 aromatic heterocycles. The molecule has 1 aromatic carbocycles. The van der Waals surface area contributed by atoms with Gasteiger partial charge in [0.2, 0.25) is 5.89 Å². The number of benzene rings is 1. The van der Waals surface area contributed by atoms with E-state index in [1.807, 2.05) is 31.3 Å². The highest BCUT2D eigenvalue weighted by Gasteiger charge is 2.10. The van der Waals surface area contributed by atoms with E-state index < -0.39 is 0 Å². The van der Waals surface area contributed by atoms with Crippen LogP contribution in [0.3, 0.4) is 0 Å². The largest absolute Gasteiger partial charge is 0.483 e. The van der Waals surface area contributed by atoms with Crippen LogP contribution in [0.15, 0.2) is 28.7 Å². The van der Waals surface area contributed by atoms with E-state index in [2.05, 4.69) is 22.4 Å². The summed E-state index contributed by atoms with van der Waals surface area (Å²) in [6.45, 7) is 4.13. The van der Waals surface area contributed by atoms with Gasteiger partial charge >= 0.3 is 0 Å². The van der Waals surface area contributed by atoms with Crippen molar-refractivity contribution in [2.45, 2.75) is 26.5 Å². The first-order chi connectivity index (χ1) is 8.70. The van der Waals surface area contributed by atoms with Crippen molar-refractivity contribution in [3.8, 4) is 5.75 Å². The lowest BCUT2D eigenvalue weighted by molar-refractivity contribution is 0.256. The van der Waals surface area contributed by atoms with Crippen molar-refractivity contribution in [3.63, 3.8) is 0 Å². The minimum atomic E-state index is 0.227. The Morgan fingerprint density at radius 1 is 1.33 bits per heavy atom. The fourth-order valence-electron chi connectivity index (χ4n) is 1.66. The van der Waals surface area contributed by atoms with Crippen molar-refractivity contribution in [1.29, 1.82) is 0 Å². The lowest BCUT2D eigenvalue weighted by Gasteiger charge is -2.15. The molecule has 1 unspecified atom stereocenters. The second kappa shape index (κ2) is 5.64. The first kappa shape index (κ1) is 12.6. The van der Waals surface area contributed by atoms with Crippen LogP contribution < -0.4 is 10.1 Å². The molecule has 2 aromatic rings. The third-order valence-electron chi connectivity index (χ3n) is 2.74. The van der Waals surface area contributed by atoms with Crippen LogP contribution in [0.5, 0.6) is 5.75 Å². The van der Waals surface area contributed by atoms with Crippen molar-refractivity contribution >= 4 is 0 Å². The summed E-state index contributed by atoms with van der Waals surface area (Å²) in [5, 5.41) is 10.9. The average molecular weight is 247 g/mol. The summed E-state index contributed by atoms with van der Waals surface area (Å²) in [4.78, 5) is 0. The zero-order valence-electron chi connectivity index (χ0n) is 10.8. The van der Waals surface area contributed by atoms with Gasteiger partial charge in [-0.25, -0.2) is 0 Å². The van der Waals surface area contributed by atoms with Crippen LogP contribution in [0.4, 0.5) is 0 Å². The van der Waals surface area contributed by atoms with E-state index in [0.29, 0.717) is 11.8 Å². The summed E-state index contributed by atoms with van der Waals surface area (Å²) in [6.07, 6.45) is 0. The van der Waals surface area contributed by atoms with Gasteiger partial charge in [-0.2, -0.15) is 0 Å². The van der Waals surface area contributed by atoms with Gasteiger partial charge in [-0.3, -0.25) is 0 Å². The van der Waals surface area contributed by atoms with Gasteiger partial charge in [0.15, 0.2) is 6.61 Å². The Kier molecular flexibility index (Phi) is 3.94. The second-order valence-electron chi connectivity index (χ2n) is 4.05. The molecule has 1 N–H and O–H groups in total. The molecule has 0 fully saturated rings. The fraction of sp³-hybridized carbons (Fsp3) is 0.385. The number of aryl methyl sites for hydroxylation is 1. The predicted octanol–water partition coefficient (Wildman–Crippen LogP) is 2.24. The maximum atomic E-state index is 5.72. The van der Waals surface area contributed by atoms with Gasteiger partial charge in [-0.15, -0.1) is 10.2 Å². The molecule has 0 aliphatic carbocycles. The molecule has 0 amide bonds. The summed E-state index contributed by atoms with van der Waals surface area (Å²) in [5.74, 6) is 1.86. The average Bonchev–Trinajstić information content (AvgIpc) is 2.81. The molecule has 0 aliphatic heterocycles. The zero-order valence-corrected chi connectivity index (χ0v) is 10.8. The number of para-hydroxylation sites is 1. The Hall–Kier alpha value is -1.88. The van der Waals surface area contributed by atoms with Crippen LogP contribution in [0.2, 0.25) is 0 Å². The molecule has 0 radical (unpaired) electrons. The van der Waals surface area contributed by atoms with Crippen molar-refractivity contribution in [1.82, 2.24) is 15.5 Å². The number of aromatic nitrogens is 2. The van der Waals surface area contributed by atoms with E-state index in [0.717, 1.165) is 11.3 Å². The summed E-state index contributed by atoms with van der Waals surface area (Å²) >= 11 is 0. The maximum absolute atomic E-state index is 5.72. The molecule has 1 heterocycles. The lowest BCUT2D eigenvalue weighted by Crippen LogP contribution is -2.13. The Morgan fingerprint density at radius 3 is 2.78 bits per heavy atom. The highest BCUT2D eigenvalue weighted by Crippen LogP contribution is 2.25. The number of hydrogen-bond acceptors (Lipinski definition) is 5. The number of ether oxygens (including phenoxy) is 1. The van der Waals surface area contributed by atoms with E-state index in [1.165, 1.54) is 0 Å². The van der Waals surface area contributed by atoms with Crippen LogP contribution >= 0.6 is 0 Å². The van der Waals surface area contributed by atoms with Gasteiger partial charge in [0.25, 0.3) is 5.89 Å². The molecule has 1 atom stereocenters. The van der Waals surface area contributed by atoms with Crippen molar-refractivity contribution in [2.75, 3.05) is 7.05 Å². The Bertz CT molecular complexity index is 510. The number of nitrogens with one attached hydrogen (secondary N) is 1. The van der Waals surface area contributed by atoms with Crippen LogP contribution in [-0.2, 0) is 6.61 Å². The molecular weight excluding hydrogens is 230 g/mol. The summed E-state index contributed by atoms with van der Waals surface area (Å²) in [5.41, 5.74) is 1.11. The number of rotatable bonds is 5. The van der Waals surface area contributed by atoms with Gasteiger partial charge in [-0.1, -0.05) is 18.2 Å². The van der Waals surface area contributed by atoms with E-state index in [4.69, 9.17) is 9.15 Å². The standard InChI is InChI=1S/C13H17N3O2/c1-9(14-3)11-6-4-5-7-12(11)17-8-13-16-15-10(2)18-13/h4-7,9,14H,8H2,1-3H3. The van der Waals surface area contributed by atoms with Crippen molar-refractivity contribution in [2.24, 2.45) is 0 Å². The normalized spacial score (nSPS) is 12.4. The Labute approximate surface area is 106 Å². The monoisotopic (exact) mass is 247 g/mol. The van der Waals surface area contributed by atoms with Crippen LogP contribution in [0, 0.1) is 6.92 Å². The summed E-state index contributed by atoms with van der Waals surface area (Å²) < 4.78 is 11.0. The molecule has 5 heteroatoms. The molecule has 18 heavy (non-hydrogen) atoms. The minimum Gasteiger partial charge on any atom is -0.483 e. The highest BCUT2D eigenvalue weighted by atomic mass is 16.5. The molecule has 0 saturated carbocycles. The molecule has 0 saturated heterocycles. The fourth-order valence-corrected chi connectivity index (χ4v) is 1.66. The van der Waals surface area contributed by atoms with E-state index in [1.54, 1.807) is 6.92 Å². The third-order valence-corrected chi connectivity index (χ3v) is 2.74.